The molecule has 2 amide bonds. The largest absolute Gasteiger partial charge is 0.460 e. The number of rotatable bonds is 9. The number of aliphatic hydroxyl groups is 1. The lowest BCUT2D eigenvalue weighted by molar-refractivity contribution is -0.164. The number of ether oxygens (including phenoxy) is 1. The predicted octanol–water partition coefficient (Wildman–Crippen LogP) is 7.25. The molecule has 2 aliphatic carbocycles. The smallest absolute Gasteiger partial charge is 0.334 e. The molecule has 2 fully saturated rings. The fourth-order valence-electron chi connectivity index (χ4n) is 6.77. The lowest BCUT2D eigenvalue weighted by Gasteiger charge is -2.36. The van der Waals surface area contributed by atoms with Gasteiger partial charge in [0.25, 0.3) is 0 Å². The summed E-state index contributed by atoms with van der Waals surface area (Å²) in [5.41, 5.74) is -0.241. The highest BCUT2D eigenvalue weighted by Gasteiger charge is 2.39. The third kappa shape index (κ3) is 13.1. The fourth-order valence-corrected chi connectivity index (χ4v) is 6.77. The molecule has 0 bridgehead atoms. The average Bonchev–Trinajstić information content (AvgIpc) is 2.92. The molecule has 7 atom stereocenters. The topological polar surface area (TPSA) is 105 Å². The number of aliphatic hydroxyl groups excluding tert-OH is 1. The first-order valence-corrected chi connectivity index (χ1v) is 17.2. The molecule has 0 spiro atoms. The van der Waals surface area contributed by atoms with E-state index in [1.54, 1.807) is 7.05 Å². The van der Waals surface area contributed by atoms with Gasteiger partial charge in [0.15, 0.2) is 0 Å². The Hall–Kier alpha value is -1.63. The monoisotopic (exact) mass is 611 g/mol. The fraction of sp³-hybridized carbons (Fsp3) is 0.917. The van der Waals surface area contributed by atoms with Crippen molar-refractivity contribution in [3.8, 4) is 0 Å². The molecule has 3 N–H and O–H groups in total. The first kappa shape index (κ1) is 41.4. The van der Waals surface area contributed by atoms with Crippen molar-refractivity contribution >= 4 is 17.8 Å². The summed E-state index contributed by atoms with van der Waals surface area (Å²) >= 11 is 0. The zero-order valence-electron chi connectivity index (χ0n) is 30.4. The first-order chi connectivity index (χ1) is 19.8. The van der Waals surface area contributed by atoms with E-state index in [1.165, 1.54) is 26.2 Å². The zero-order valence-corrected chi connectivity index (χ0v) is 30.4. The molecule has 7 nitrogen and oxygen atoms in total. The normalized spacial score (nSPS) is 26.6. The molecule has 0 aromatic heterocycles. The Morgan fingerprint density at radius 3 is 1.65 bits per heavy atom. The van der Waals surface area contributed by atoms with Crippen LogP contribution in [0.2, 0.25) is 0 Å². The van der Waals surface area contributed by atoms with Crippen LogP contribution >= 0.6 is 0 Å². The number of carbonyl (C=O) groups excluding carboxylic acids is 3. The predicted molar refractivity (Wildman–Crippen MR) is 178 cm³/mol. The van der Waals surface area contributed by atoms with Crippen molar-refractivity contribution in [1.82, 2.24) is 10.6 Å². The van der Waals surface area contributed by atoms with Gasteiger partial charge in [-0.25, -0.2) is 4.79 Å². The summed E-state index contributed by atoms with van der Waals surface area (Å²) in [6.45, 7) is 27.9. The van der Waals surface area contributed by atoms with Crippen molar-refractivity contribution in [1.29, 1.82) is 0 Å². The van der Waals surface area contributed by atoms with Crippen LogP contribution in [0.1, 0.15) is 129 Å². The van der Waals surface area contributed by atoms with E-state index in [0.717, 1.165) is 25.8 Å². The summed E-state index contributed by atoms with van der Waals surface area (Å²) in [7, 11) is 1.70. The Morgan fingerprint density at radius 1 is 0.814 bits per heavy atom. The van der Waals surface area contributed by atoms with Gasteiger partial charge in [-0.05, 0) is 86.9 Å². The summed E-state index contributed by atoms with van der Waals surface area (Å²) in [4.78, 5) is 35.0. The molecule has 7 heteroatoms. The molecule has 0 aliphatic heterocycles. The second-order valence-corrected chi connectivity index (χ2v) is 15.0. The van der Waals surface area contributed by atoms with Crippen LogP contribution in [0, 0.1) is 58.7 Å². The summed E-state index contributed by atoms with van der Waals surface area (Å²) in [6.07, 6.45) is 5.84. The standard InChI is InChI=1S/C13H25NO.C13H24O3.C10H21NO/c1-5-14-13(15)12-8-10(4)6-7-11(12)9(2)3;1-8(2)11-6-5-9(3)7-12(11)16-13(15)10(4)14;1-7(2)10(5,8(3)4)9(12)11-6/h9-12H,5-8H2,1-4H3,(H,14,15);8-12,14H,5-7H2,1-4H3;7-8H,1-6H3,(H,11,12)/t10-,11+,12-;9-,10+,11+,12-;/m11./s1. The van der Waals surface area contributed by atoms with E-state index in [2.05, 4.69) is 79.9 Å². The van der Waals surface area contributed by atoms with Crippen LogP contribution in [0.5, 0.6) is 0 Å². The highest BCUT2D eigenvalue weighted by molar-refractivity contribution is 5.82. The van der Waals surface area contributed by atoms with E-state index >= 15 is 0 Å². The molecule has 2 aliphatic rings. The van der Waals surface area contributed by atoms with Gasteiger partial charge in [0.1, 0.15) is 12.2 Å². The van der Waals surface area contributed by atoms with E-state index in [9.17, 15) is 14.4 Å². The Labute approximate surface area is 265 Å². The van der Waals surface area contributed by atoms with Gasteiger partial charge in [0.05, 0.1) is 5.41 Å². The quantitative estimate of drug-likeness (QED) is 0.239. The summed E-state index contributed by atoms with van der Waals surface area (Å²) in [5, 5.41) is 14.9. The molecule has 2 saturated carbocycles. The van der Waals surface area contributed by atoms with Crippen molar-refractivity contribution in [2.24, 2.45) is 58.7 Å². The molecule has 0 heterocycles. The van der Waals surface area contributed by atoms with E-state index in [4.69, 9.17) is 9.84 Å². The van der Waals surface area contributed by atoms with Crippen molar-refractivity contribution in [3.05, 3.63) is 0 Å². The number of hydrogen-bond donors (Lipinski definition) is 3. The molecule has 0 aromatic rings. The molecule has 0 saturated heterocycles. The highest BCUT2D eigenvalue weighted by Crippen LogP contribution is 2.38. The van der Waals surface area contributed by atoms with Crippen molar-refractivity contribution in [3.63, 3.8) is 0 Å². The van der Waals surface area contributed by atoms with E-state index in [-0.39, 0.29) is 29.3 Å². The number of esters is 1. The molecular formula is C36H70N2O5. The van der Waals surface area contributed by atoms with Crippen molar-refractivity contribution in [2.45, 2.75) is 141 Å². The number of nitrogens with one attached hydrogen (secondary N) is 2. The third-order valence-corrected chi connectivity index (χ3v) is 10.4. The van der Waals surface area contributed by atoms with Gasteiger partial charge < -0.3 is 20.5 Å². The van der Waals surface area contributed by atoms with Crippen LogP contribution in [0.4, 0.5) is 0 Å². The molecule has 0 radical (unpaired) electrons. The summed E-state index contributed by atoms with van der Waals surface area (Å²) < 4.78 is 5.41. The summed E-state index contributed by atoms with van der Waals surface area (Å²) in [6, 6.07) is 0. The Bertz CT molecular complexity index is 814. The van der Waals surface area contributed by atoms with Gasteiger partial charge in [-0.15, -0.1) is 0 Å². The molecule has 2 rings (SSSR count). The first-order valence-electron chi connectivity index (χ1n) is 17.2. The minimum absolute atomic E-state index is 0.00847. The highest BCUT2D eigenvalue weighted by atomic mass is 16.6. The van der Waals surface area contributed by atoms with Gasteiger partial charge in [-0.2, -0.15) is 0 Å². The second kappa shape index (κ2) is 19.7. The number of carbonyl (C=O) groups is 3. The van der Waals surface area contributed by atoms with Crippen LogP contribution in [0.25, 0.3) is 0 Å². The SMILES string of the molecule is CC(C)[C@@H]1CC[C@@H](C)C[C@H]1OC(=O)[C@H](C)O.CCNC(=O)[C@@H]1C[C@H](C)CC[C@H]1C(C)C.CNC(=O)C(C)(C(C)C)C(C)C. The molecule has 0 unspecified atom stereocenters. The maximum absolute atomic E-state index is 11.9. The molecule has 43 heavy (non-hydrogen) atoms. The average molecular weight is 611 g/mol. The Morgan fingerprint density at radius 2 is 1.28 bits per heavy atom. The molecular weight excluding hydrogens is 540 g/mol. The zero-order chi connectivity index (χ0) is 33.7. The minimum Gasteiger partial charge on any atom is -0.460 e. The molecule has 0 aromatic carbocycles. The van der Waals surface area contributed by atoms with Gasteiger partial charge in [0, 0.05) is 19.5 Å². The maximum atomic E-state index is 11.9. The Kier molecular flexibility index (Phi) is 18.9. The van der Waals surface area contributed by atoms with Crippen LogP contribution in [-0.2, 0) is 19.1 Å². The van der Waals surface area contributed by atoms with E-state index in [0.29, 0.717) is 47.3 Å². The van der Waals surface area contributed by atoms with Crippen LogP contribution < -0.4 is 10.6 Å². The van der Waals surface area contributed by atoms with E-state index in [1.807, 2.05) is 13.8 Å². The lowest BCUT2D eigenvalue weighted by Crippen LogP contribution is -2.44. The number of hydrogen-bond acceptors (Lipinski definition) is 5. The lowest BCUT2D eigenvalue weighted by atomic mass is 9.70. The van der Waals surface area contributed by atoms with Gasteiger partial charge in [0.2, 0.25) is 11.8 Å². The second-order valence-electron chi connectivity index (χ2n) is 15.0. The Balaban J connectivity index is 0.000000623. The number of amides is 2. The van der Waals surface area contributed by atoms with Gasteiger partial charge in [-0.3, -0.25) is 9.59 Å². The van der Waals surface area contributed by atoms with Crippen LogP contribution in [0.15, 0.2) is 0 Å². The van der Waals surface area contributed by atoms with Gasteiger partial charge >= 0.3 is 5.97 Å². The van der Waals surface area contributed by atoms with Crippen LogP contribution in [-0.4, -0.2) is 48.7 Å². The van der Waals surface area contributed by atoms with Crippen molar-refractivity contribution in [2.75, 3.05) is 13.6 Å². The maximum Gasteiger partial charge on any atom is 0.334 e. The van der Waals surface area contributed by atoms with Crippen molar-refractivity contribution < 1.29 is 24.2 Å². The third-order valence-electron chi connectivity index (χ3n) is 10.4. The summed E-state index contributed by atoms with van der Waals surface area (Å²) in [5.74, 6) is 4.47. The molecule has 254 valence electrons. The van der Waals surface area contributed by atoms with Crippen LogP contribution in [0.3, 0.4) is 0 Å². The van der Waals surface area contributed by atoms with Gasteiger partial charge in [-0.1, -0.05) is 89.0 Å². The van der Waals surface area contributed by atoms with E-state index < -0.39 is 12.1 Å². The minimum atomic E-state index is -1.01.